The topological polar surface area (TPSA) is 103 Å². The first-order valence-electron chi connectivity index (χ1n) is 7.88. The van der Waals surface area contributed by atoms with Crippen LogP contribution in [-0.4, -0.2) is 32.3 Å². The second kappa shape index (κ2) is 7.64. The molecule has 3 rings (SSSR count). The molecule has 2 aromatic rings. The molecule has 0 unspecified atom stereocenters. The lowest BCUT2D eigenvalue weighted by Crippen LogP contribution is -2.25. The number of carbonyl (C=O) groups is 2. The third kappa shape index (κ3) is 4.79. The molecule has 1 heterocycles. The van der Waals surface area contributed by atoms with Crippen molar-refractivity contribution < 1.29 is 14.0 Å². The van der Waals surface area contributed by atoms with Gasteiger partial charge in [0, 0.05) is 12.5 Å². The zero-order valence-electron chi connectivity index (χ0n) is 13.4. The summed E-state index contributed by atoms with van der Waals surface area (Å²) in [5.41, 5.74) is 6.10. The van der Waals surface area contributed by atoms with Crippen LogP contribution in [0.5, 0.6) is 0 Å². The Balaban J connectivity index is 1.54. The predicted molar refractivity (Wildman–Crippen MR) is 90.2 cm³/mol. The van der Waals surface area contributed by atoms with E-state index in [1.54, 1.807) is 16.7 Å². The van der Waals surface area contributed by atoms with E-state index >= 15 is 0 Å². The van der Waals surface area contributed by atoms with E-state index < -0.39 is 5.91 Å². The highest BCUT2D eigenvalue weighted by Crippen LogP contribution is 2.39. The van der Waals surface area contributed by atoms with E-state index in [9.17, 15) is 14.0 Å². The molecule has 0 spiro atoms. The number of amides is 2. The van der Waals surface area contributed by atoms with Gasteiger partial charge in [0.25, 0.3) is 0 Å². The molecule has 0 atom stereocenters. The van der Waals surface area contributed by atoms with E-state index in [4.69, 9.17) is 5.73 Å². The number of primary amides is 1. The predicted octanol–water partition coefficient (Wildman–Crippen LogP) is 1.19. The lowest BCUT2D eigenvalue weighted by atomic mass is 10.2. The Morgan fingerprint density at radius 1 is 1.28 bits per heavy atom. The molecule has 7 nitrogen and oxygen atoms in total. The highest BCUT2D eigenvalue weighted by molar-refractivity contribution is 7.99. The number of nitrogens with zero attached hydrogens (tertiary/aromatic N) is 3. The van der Waals surface area contributed by atoms with Gasteiger partial charge in [-0.15, -0.1) is 10.2 Å². The molecule has 0 saturated heterocycles. The van der Waals surface area contributed by atoms with Gasteiger partial charge in [0.1, 0.15) is 18.2 Å². The Morgan fingerprint density at radius 2 is 2.00 bits per heavy atom. The van der Waals surface area contributed by atoms with Crippen LogP contribution in [0.15, 0.2) is 29.4 Å². The molecular weight excluding hydrogens is 345 g/mol. The van der Waals surface area contributed by atoms with Gasteiger partial charge in [-0.05, 0) is 30.5 Å². The largest absolute Gasteiger partial charge is 0.368 e. The van der Waals surface area contributed by atoms with Crippen molar-refractivity contribution in [2.24, 2.45) is 5.73 Å². The molecule has 0 radical (unpaired) electrons. The van der Waals surface area contributed by atoms with Crippen LogP contribution in [0.25, 0.3) is 0 Å². The Morgan fingerprint density at radius 3 is 2.64 bits per heavy atom. The molecular formula is C16H18FN5O2S. The molecule has 3 N–H and O–H groups in total. The van der Waals surface area contributed by atoms with E-state index in [-0.39, 0.29) is 24.0 Å². The number of hydrogen-bond acceptors (Lipinski definition) is 5. The first-order chi connectivity index (χ1) is 12.0. The van der Waals surface area contributed by atoms with Gasteiger partial charge >= 0.3 is 0 Å². The molecule has 0 aliphatic heterocycles. The zero-order valence-corrected chi connectivity index (χ0v) is 14.3. The van der Waals surface area contributed by atoms with E-state index in [0.717, 1.165) is 24.2 Å². The SMILES string of the molecule is NC(=O)Cn1c(SCC(=O)NCc2ccc(F)cc2)nnc1C1CC1. The van der Waals surface area contributed by atoms with Crippen LogP contribution in [0.4, 0.5) is 4.39 Å². The summed E-state index contributed by atoms with van der Waals surface area (Å²) in [6.07, 6.45) is 2.05. The Labute approximate surface area is 148 Å². The second-order valence-electron chi connectivity index (χ2n) is 5.86. The quantitative estimate of drug-likeness (QED) is 0.686. The molecule has 25 heavy (non-hydrogen) atoms. The summed E-state index contributed by atoms with van der Waals surface area (Å²) >= 11 is 1.21. The molecule has 2 amide bonds. The van der Waals surface area contributed by atoms with Gasteiger partial charge in [-0.2, -0.15) is 0 Å². The average molecular weight is 363 g/mol. The lowest BCUT2D eigenvalue weighted by molar-refractivity contribution is -0.119. The summed E-state index contributed by atoms with van der Waals surface area (Å²) in [6.45, 7) is 0.333. The zero-order chi connectivity index (χ0) is 17.8. The number of carbonyl (C=O) groups excluding carboxylic acids is 2. The van der Waals surface area contributed by atoms with Crippen LogP contribution in [0.1, 0.15) is 30.1 Å². The standard InChI is InChI=1S/C16H18FN5O2S/c17-12-5-1-10(2-6-12)7-19-14(24)9-25-16-21-20-15(11-3-4-11)22(16)8-13(18)23/h1-2,5-6,11H,3-4,7-9H2,(H2,18,23)(H,19,24). The van der Waals surface area contributed by atoms with Gasteiger partial charge in [-0.1, -0.05) is 23.9 Å². The fourth-order valence-corrected chi connectivity index (χ4v) is 3.11. The molecule has 1 saturated carbocycles. The van der Waals surface area contributed by atoms with Crippen molar-refractivity contribution in [3.8, 4) is 0 Å². The molecule has 132 valence electrons. The Kier molecular flexibility index (Phi) is 5.32. The fourth-order valence-electron chi connectivity index (χ4n) is 2.34. The van der Waals surface area contributed by atoms with Crippen molar-refractivity contribution in [1.29, 1.82) is 0 Å². The van der Waals surface area contributed by atoms with Gasteiger partial charge < -0.3 is 11.1 Å². The molecule has 9 heteroatoms. The van der Waals surface area contributed by atoms with Gasteiger partial charge in [0.2, 0.25) is 11.8 Å². The van der Waals surface area contributed by atoms with Gasteiger partial charge in [0.05, 0.1) is 5.75 Å². The highest BCUT2D eigenvalue weighted by Gasteiger charge is 2.30. The molecule has 1 aliphatic carbocycles. The molecule has 1 aromatic heterocycles. The van der Waals surface area contributed by atoms with Crippen molar-refractivity contribution in [3.63, 3.8) is 0 Å². The summed E-state index contributed by atoms with van der Waals surface area (Å²) in [5.74, 6) is 0.260. The minimum Gasteiger partial charge on any atom is -0.368 e. The maximum atomic E-state index is 12.8. The smallest absolute Gasteiger partial charge is 0.237 e. The Hall–Kier alpha value is -2.42. The van der Waals surface area contributed by atoms with Crippen LogP contribution in [0.2, 0.25) is 0 Å². The van der Waals surface area contributed by atoms with Crippen molar-refractivity contribution >= 4 is 23.6 Å². The van der Waals surface area contributed by atoms with E-state index in [1.165, 1.54) is 23.9 Å². The van der Waals surface area contributed by atoms with Crippen LogP contribution in [0.3, 0.4) is 0 Å². The number of hydrogen-bond donors (Lipinski definition) is 2. The third-order valence-corrected chi connectivity index (χ3v) is 4.70. The summed E-state index contributed by atoms with van der Waals surface area (Å²) in [5, 5.41) is 11.5. The third-order valence-electron chi connectivity index (χ3n) is 3.74. The minimum absolute atomic E-state index is 0.0123. The normalized spacial score (nSPS) is 13.6. The van der Waals surface area contributed by atoms with Crippen molar-refractivity contribution in [2.75, 3.05) is 5.75 Å². The summed E-state index contributed by atoms with van der Waals surface area (Å²) in [7, 11) is 0. The van der Waals surface area contributed by atoms with Crippen LogP contribution >= 0.6 is 11.8 Å². The van der Waals surface area contributed by atoms with Crippen LogP contribution in [-0.2, 0) is 22.7 Å². The first-order valence-corrected chi connectivity index (χ1v) is 8.87. The number of nitrogens with one attached hydrogen (secondary N) is 1. The number of halogens is 1. The minimum atomic E-state index is -0.468. The average Bonchev–Trinajstić information content (AvgIpc) is 3.35. The van der Waals surface area contributed by atoms with Crippen LogP contribution in [0, 0.1) is 5.82 Å². The second-order valence-corrected chi connectivity index (χ2v) is 6.80. The summed E-state index contributed by atoms with van der Waals surface area (Å²) < 4.78 is 14.5. The summed E-state index contributed by atoms with van der Waals surface area (Å²) in [4.78, 5) is 23.3. The fraction of sp³-hybridized carbons (Fsp3) is 0.375. The Bertz CT molecular complexity index is 773. The van der Waals surface area contributed by atoms with Crippen molar-refractivity contribution in [3.05, 3.63) is 41.5 Å². The molecule has 1 fully saturated rings. The lowest BCUT2D eigenvalue weighted by Gasteiger charge is -2.08. The van der Waals surface area contributed by atoms with E-state index in [0.29, 0.717) is 17.6 Å². The van der Waals surface area contributed by atoms with Crippen molar-refractivity contribution in [2.45, 2.75) is 37.0 Å². The first kappa shape index (κ1) is 17.4. The van der Waals surface area contributed by atoms with Gasteiger partial charge in [-0.3, -0.25) is 14.2 Å². The monoisotopic (exact) mass is 363 g/mol. The number of benzene rings is 1. The maximum Gasteiger partial charge on any atom is 0.237 e. The van der Waals surface area contributed by atoms with Gasteiger partial charge in [-0.25, -0.2) is 4.39 Å². The highest BCUT2D eigenvalue weighted by atomic mass is 32.2. The summed E-state index contributed by atoms with van der Waals surface area (Å²) in [6, 6.07) is 5.94. The number of aromatic nitrogens is 3. The van der Waals surface area contributed by atoms with Crippen molar-refractivity contribution in [1.82, 2.24) is 20.1 Å². The number of nitrogens with two attached hydrogens (primary N) is 1. The number of rotatable bonds is 8. The molecule has 0 bridgehead atoms. The van der Waals surface area contributed by atoms with Gasteiger partial charge in [0.15, 0.2) is 5.16 Å². The maximum absolute atomic E-state index is 12.8. The number of thioether (sulfide) groups is 1. The van der Waals surface area contributed by atoms with E-state index in [1.807, 2.05) is 0 Å². The molecule has 1 aliphatic rings. The molecule has 1 aromatic carbocycles. The van der Waals surface area contributed by atoms with E-state index in [2.05, 4.69) is 15.5 Å². The van der Waals surface area contributed by atoms with Crippen LogP contribution < -0.4 is 11.1 Å².